The van der Waals surface area contributed by atoms with Crippen LogP contribution in [0.25, 0.3) is 0 Å². The maximum atomic E-state index is 13.0. The number of hydrogen-bond donors (Lipinski definition) is 2. The Hall–Kier alpha value is -3.14. The molecule has 0 bridgehead atoms. The van der Waals surface area contributed by atoms with E-state index in [-0.39, 0.29) is 15.6 Å². The summed E-state index contributed by atoms with van der Waals surface area (Å²) >= 11 is 0. The Morgan fingerprint density at radius 3 is 2.03 bits per heavy atom. The number of anilines is 1. The second kappa shape index (κ2) is 10.3. The predicted molar refractivity (Wildman–Crippen MR) is 130 cm³/mol. The van der Waals surface area contributed by atoms with Gasteiger partial charge in [-0.1, -0.05) is 35.4 Å². The van der Waals surface area contributed by atoms with Crippen LogP contribution in [0.5, 0.6) is 0 Å². The van der Waals surface area contributed by atoms with Crippen LogP contribution in [0.2, 0.25) is 0 Å². The largest absolute Gasteiger partial charge is 0.385 e. The maximum Gasteiger partial charge on any atom is 0.351 e. The standard InChI is InChI=1S/C23H25N3O9S2/c1-14-3-7-16(8-4-14)36(29,30)33-13-18-21(35-37(31,32)17-9-5-15(2)6-10-17)20(27)22(34-18)26-12-11-19(24)25-23(26)28/h3-12,18,20-22,27H,13H2,1-2H3,(H2,24,25,28)/t18-,20-,21-,22-/m1/s1. The third-order valence-electron chi connectivity index (χ3n) is 5.68. The van der Waals surface area contributed by atoms with Crippen molar-refractivity contribution in [1.29, 1.82) is 0 Å². The molecular weight excluding hydrogens is 526 g/mol. The Morgan fingerprint density at radius 1 is 0.946 bits per heavy atom. The molecule has 198 valence electrons. The van der Waals surface area contributed by atoms with E-state index < -0.39 is 57.1 Å². The molecule has 1 saturated heterocycles. The second-order valence-corrected chi connectivity index (χ2v) is 11.7. The van der Waals surface area contributed by atoms with E-state index in [9.17, 15) is 26.7 Å². The lowest BCUT2D eigenvalue weighted by Crippen LogP contribution is -2.39. The SMILES string of the molecule is Cc1ccc(S(=O)(=O)OC[C@H]2O[C@@H](n3ccc(N)nc3=O)[C@H](O)[C@@H]2OS(=O)(=O)c2ccc(C)cc2)cc1. The van der Waals surface area contributed by atoms with Crippen LogP contribution in [-0.2, 0) is 33.3 Å². The number of hydrogen-bond acceptors (Lipinski definition) is 11. The zero-order valence-electron chi connectivity index (χ0n) is 19.8. The molecule has 0 aliphatic carbocycles. The lowest BCUT2D eigenvalue weighted by molar-refractivity contribution is -0.0504. The predicted octanol–water partition coefficient (Wildman–Crippen LogP) is 0.880. The summed E-state index contributed by atoms with van der Waals surface area (Å²) in [5.74, 6) is -0.0763. The Balaban J connectivity index is 1.63. The monoisotopic (exact) mass is 551 g/mol. The van der Waals surface area contributed by atoms with E-state index in [1.165, 1.54) is 36.5 Å². The average molecular weight is 552 g/mol. The van der Waals surface area contributed by atoms with Crippen LogP contribution in [0.3, 0.4) is 0 Å². The van der Waals surface area contributed by atoms with Crippen LogP contribution in [0.1, 0.15) is 17.4 Å². The molecule has 4 rings (SSSR count). The van der Waals surface area contributed by atoms with E-state index in [1.54, 1.807) is 38.1 Å². The molecule has 0 saturated carbocycles. The van der Waals surface area contributed by atoms with Gasteiger partial charge in [-0.05, 0) is 44.2 Å². The number of nitrogen functional groups attached to an aromatic ring is 1. The van der Waals surface area contributed by atoms with Crippen LogP contribution >= 0.6 is 0 Å². The highest BCUT2D eigenvalue weighted by atomic mass is 32.2. The minimum absolute atomic E-state index is 0.0763. The van der Waals surface area contributed by atoms with Gasteiger partial charge in [-0.15, -0.1) is 0 Å². The van der Waals surface area contributed by atoms with Gasteiger partial charge in [0.15, 0.2) is 6.23 Å². The Labute approximate surface area is 213 Å². The molecule has 12 nitrogen and oxygen atoms in total. The van der Waals surface area contributed by atoms with Crippen LogP contribution < -0.4 is 11.4 Å². The summed E-state index contributed by atoms with van der Waals surface area (Å²) in [6.07, 6.45) is -5.02. The number of aromatic nitrogens is 2. The van der Waals surface area contributed by atoms with Gasteiger partial charge in [-0.2, -0.15) is 21.8 Å². The highest BCUT2D eigenvalue weighted by Gasteiger charge is 2.49. The van der Waals surface area contributed by atoms with E-state index in [2.05, 4.69) is 4.98 Å². The van der Waals surface area contributed by atoms with Gasteiger partial charge < -0.3 is 15.6 Å². The Morgan fingerprint density at radius 2 is 1.49 bits per heavy atom. The molecule has 3 N–H and O–H groups in total. The van der Waals surface area contributed by atoms with Crippen molar-refractivity contribution in [2.45, 2.75) is 48.2 Å². The molecule has 14 heteroatoms. The Kier molecular flexibility index (Phi) is 7.50. The van der Waals surface area contributed by atoms with Gasteiger partial charge in [0.05, 0.1) is 16.4 Å². The summed E-state index contributed by atoms with van der Waals surface area (Å²) in [6.45, 7) is 2.85. The third kappa shape index (κ3) is 5.89. The van der Waals surface area contributed by atoms with E-state index >= 15 is 0 Å². The van der Waals surface area contributed by atoms with Crippen molar-refractivity contribution in [3.05, 3.63) is 82.4 Å². The van der Waals surface area contributed by atoms with Crippen molar-refractivity contribution in [3.8, 4) is 0 Å². The number of aryl methyl sites for hydroxylation is 2. The average Bonchev–Trinajstić information content (AvgIpc) is 3.13. The van der Waals surface area contributed by atoms with Crippen molar-refractivity contribution in [3.63, 3.8) is 0 Å². The summed E-state index contributed by atoms with van der Waals surface area (Å²) in [4.78, 5) is 15.6. The van der Waals surface area contributed by atoms with Crippen molar-refractivity contribution >= 4 is 26.1 Å². The molecule has 37 heavy (non-hydrogen) atoms. The molecule has 1 aliphatic rings. The number of benzene rings is 2. The van der Waals surface area contributed by atoms with Gasteiger partial charge in [0, 0.05) is 6.20 Å². The molecule has 2 heterocycles. The zero-order valence-corrected chi connectivity index (χ0v) is 21.4. The number of rotatable bonds is 8. The van der Waals surface area contributed by atoms with E-state index in [4.69, 9.17) is 18.8 Å². The minimum Gasteiger partial charge on any atom is -0.385 e. The van der Waals surface area contributed by atoms with Gasteiger partial charge in [0.1, 0.15) is 24.1 Å². The first-order valence-corrected chi connectivity index (χ1v) is 13.8. The van der Waals surface area contributed by atoms with Gasteiger partial charge in [0.25, 0.3) is 20.2 Å². The quantitative estimate of drug-likeness (QED) is 0.380. The molecule has 1 aromatic heterocycles. The fourth-order valence-corrected chi connectivity index (χ4v) is 5.69. The summed E-state index contributed by atoms with van der Waals surface area (Å²) in [5.41, 5.74) is 6.28. The molecule has 2 aromatic carbocycles. The van der Waals surface area contributed by atoms with Crippen LogP contribution in [0, 0.1) is 13.8 Å². The third-order valence-corrected chi connectivity index (χ3v) is 8.30. The van der Waals surface area contributed by atoms with Crippen molar-refractivity contribution in [2.24, 2.45) is 0 Å². The molecule has 3 aromatic rings. The molecule has 0 unspecified atom stereocenters. The normalized spacial score (nSPS) is 22.2. The fourth-order valence-electron chi connectivity index (χ4n) is 3.66. The molecule has 1 aliphatic heterocycles. The van der Waals surface area contributed by atoms with Gasteiger partial charge in [0.2, 0.25) is 0 Å². The highest BCUT2D eigenvalue weighted by molar-refractivity contribution is 7.87. The molecule has 0 amide bonds. The summed E-state index contributed by atoms with van der Waals surface area (Å²) in [7, 11) is -8.69. The van der Waals surface area contributed by atoms with Crippen LogP contribution in [-0.4, -0.2) is 56.4 Å². The fraction of sp³-hybridized carbons (Fsp3) is 0.304. The van der Waals surface area contributed by atoms with Gasteiger partial charge in [-0.3, -0.25) is 12.9 Å². The topological polar surface area (TPSA) is 177 Å². The smallest absolute Gasteiger partial charge is 0.351 e. The molecular formula is C23H25N3O9S2. The maximum absolute atomic E-state index is 13.0. The first-order valence-electron chi connectivity index (χ1n) is 11.0. The lowest BCUT2D eigenvalue weighted by atomic mass is 10.1. The molecule has 1 fully saturated rings. The first kappa shape index (κ1) is 26.9. The zero-order chi connectivity index (χ0) is 27.0. The lowest BCUT2D eigenvalue weighted by Gasteiger charge is -2.20. The van der Waals surface area contributed by atoms with Crippen molar-refractivity contribution in [1.82, 2.24) is 9.55 Å². The van der Waals surface area contributed by atoms with Gasteiger partial charge >= 0.3 is 5.69 Å². The summed E-state index contributed by atoms with van der Waals surface area (Å²) in [6, 6.07) is 12.9. The number of nitrogens with two attached hydrogens (primary N) is 1. The van der Waals surface area contributed by atoms with Crippen molar-refractivity contribution < 1.29 is 35.0 Å². The number of aliphatic hydroxyl groups excluding tert-OH is 1. The van der Waals surface area contributed by atoms with E-state index in [0.29, 0.717) is 0 Å². The van der Waals surface area contributed by atoms with E-state index in [1.807, 2.05) is 0 Å². The van der Waals surface area contributed by atoms with Crippen LogP contribution in [0.15, 0.2) is 75.4 Å². The Bertz CT molecular complexity index is 1540. The number of nitrogens with zero attached hydrogens (tertiary/aromatic N) is 2. The second-order valence-electron chi connectivity index (χ2n) is 8.48. The van der Waals surface area contributed by atoms with Crippen molar-refractivity contribution in [2.75, 3.05) is 12.3 Å². The van der Waals surface area contributed by atoms with E-state index in [0.717, 1.165) is 15.7 Å². The number of aliphatic hydroxyl groups is 1. The summed E-state index contributed by atoms with van der Waals surface area (Å²) < 4.78 is 68.3. The molecule has 0 radical (unpaired) electrons. The number of ether oxygens (including phenoxy) is 1. The first-order chi connectivity index (χ1) is 17.4. The summed E-state index contributed by atoms with van der Waals surface area (Å²) in [5, 5.41) is 11.0. The van der Waals surface area contributed by atoms with Gasteiger partial charge in [-0.25, -0.2) is 4.79 Å². The minimum atomic E-state index is -4.43. The van der Waals surface area contributed by atoms with Crippen LogP contribution in [0.4, 0.5) is 5.82 Å². The molecule has 0 spiro atoms. The highest BCUT2D eigenvalue weighted by Crippen LogP contribution is 2.33. The molecule has 4 atom stereocenters.